The number of aromatic amines is 1. The van der Waals surface area contributed by atoms with E-state index in [2.05, 4.69) is 22.2 Å². The SMILES string of the molecule is CCCCOc1ccc(C2CC(=O)Nc3nc(SCc4ccccc4)[nH]c(=O)c32)cc1. The van der Waals surface area contributed by atoms with Crippen molar-refractivity contribution in [3.05, 3.63) is 81.6 Å². The summed E-state index contributed by atoms with van der Waals surface area (Å²) in [5.74, 6) is 1.34. The molecule has 31 heavy (non-hydrogen) atoms. The van der Waals surface area contributed by atoms with Crippen LogP contribution >= 0.6 is 11.8 Å². The zero-order valence-electron chi connectivity index (χ0n) is 17.4. The van der Waals surface area contributed by atoms with E-state index in [0.29, 0.717) is 28.9 Å². The predicted octanol–water partition coefficient (Wildman–Crippen LogP) is 4.72. The number of unbranched alkanes of at least 4 members (excludes halogenated alkanes) is 1. The molecule has 0 bridgehead atoms. The smallest absolute Gasteiger partial charge is 0.257 e. The van der Waals surface area contributed by atoms with E-state index >= 15 is 0 Å². The Kier molecular flexibility index (Phi) is 6.72. The number of ether oxygens (including phenoxy) is 1. The van der Waals surface area contributed by atoms with Gasteiger partial charge in [0.2, 0.25) is 5.91 Å². The summed E-state index contributed by atoms with van der Waals surface area (Å²) in [6.07, 6.45) is 2.29. The van der Waals surface area contributed by atoms with E-state index in [4.69, 9.17) is 4.74 Å². The largest absolute Gasteiger partial charge is 0.494 e. The van der Waals surface area contributed by atoms with Crippen molar-refractivity contribution < 1.29 is 9.53 Å². The number of nitrogens with zero attached hydrogens (tertiary/aromatic N) is 1. The summed E-state index contributed by atoms with van der Waals surface area (Å²) in [6.45, 7) is 2.80. The third-order valence-corrected chi connectivity index (χ3v) is 6.14. The first-order chi connectivity index (χ1) is 15.1. The quantitative estimate of drug-likeness (QED) is 0.304. The highest BCUT2D eigenvalue weighted by molar-refractivity contribution is 7.98. The van der Waals surface area contributed by atoms with Crippen LogP contribution in [0, 0.1) is 0 Å². The summed E-state index contributed by atoms with van der Waals surface area (Å²) < 4.78 is 5.72. The van der Waals surface area contributed by atoms with Gasteiger partial charge < -0.3 is 15.0 Å². The number of benzene rings is 2. The third-order valence-electron chi connectivity index (χ3n) is 5.20. The second-order valence-corrected chi connectivity index (χ2v) is 8.45. The molecule has 7 heteroatoms. The Labute approximate surface area is 185 Å². The highest BCUT2D eigenvalue weighted by atomic mass is 32.2. The number of fused-ring (bicyclic) bond motifs is 1. The topological polar surface area (TPSA) is 84.1 Å². The van der Waals surface area contributed by atoms with Gasteiger partial charge in [0.15, 0.2) is 5.16 Å². The van der Waals surface area contributed by atoms with Crippen LogP contribution in [0.1, 0.15) is 48.8 Å². The molecule has 1 aliphatic rings. The first kappa shape index (κ1) is 21.2. The maximum absolute atomic E-state index is 12.9. The van der Waals surface area contributed by atoms with Crippen molar-refractivity contribution in [3.8, 4) is 5.75 Å². The molecule has 3 aromatic rings. The third kappa shape index (κ3) is 5.17. The fourth-order valence-electron chi connectivity index (χ4n) is 3.56. The number of anilines is 1. The number of H-pyrrole nitrogens is 1. The number of aromatic nitrogens is 2. The van der Waals surface area contributed by atoms with Crippen LogP contribution in [-0.4, -0.2) is 22.5 Å². The first-order valence-corrected chi connectivity index (χ1v) is 11.5. The van der Waals surface area contributed by atoms with Crippen LogP contribution in [-0.2, 0) is 10.5 Å². The lowest BCUT2D eigenvalue weighted by Gasteiger charge is -2.24. The van der Waals surface area contributed by atoms with Crippen LogP contribution in [0.4, 0.5) is 5.82 Å². The van der Waals surface area contributed by atoms with Gasteiger partial charge in [-0.1, -0.05) is 67.6 Å². The lowest BCUT2D eigenvalue weighted by molar-refractivity contribution is -0.116. The molecule has 1 atom stereocenters. The molecule has 1 aliphatic heterocycles. The van der Waals surface area contributed by atoms with E-state index in [1.165, 1.54) is 11.8 Å². The van der Waals surface area contributed by atoms with Gasteiger partial charge in [-0.2, -0.15) is 0 Å². The molecular formula is C24H25N3O3S. The van der Waals surface area contributed by atoms with E-state index < -0.39 is 0 Å². The van der Waals surface area contributed by atoms with Gasteiger partial charge in [-0.15, -0.1) is 0 Å². The zero-order chi connectivity index (χ0) is 21.6. The number of hydrogen-bond acceptors (Lipinski definition) is 5. The maximum atomic E-state index is 12.9. The van der Waals surface area contributed by atoms with Crippen molar-refractivity contribution in [3.63, 3.8) is 0 Å². The summed E-state index contributed by atoms with van der Waals surface area (Å²) in [7, 11) is 0. The molecule has 0 radical (unpaired) electrons. The van der Waals surface area contributed by atoms with Crippen molar-refractivity contribution in [2.24, 2.45) is 0 Å². The van der Waals surface area contributed by atoms with Gasteiger partial charge in [0.25, 0.3) is 5.56 Å². The Morgan fingerprint density at radius 2 is 1.87 bits per heavy atom. The van der Waals surface area contributed by atoms with Crippen molar-refractivity contribution >= 4 is 23.5 Å². The van der Waals surface area contributed by atoms with Crippen molar-refractivity contribution in [1.29, 1.82) is 0 Å². The number of carbonyl (C=O) groups excluding carboxylic acids is 1. The van der Waals surface area contributed by atoms with Crippen LogP contribution in [0.3, 0.4) is 0 Å². The van der Waals surface area contributed by atoms with E-state index in [1.54, 1.807) is 0 Å². The molecule has 0 saturated carbocycles. The normalized spacial score (nSPS) is 15.3. The molecule has 0 fully saturated rings. The average molecular weight is 436 g/mol. The minimum Gasteiger partial charge on any atom is -0.494 e. The lowest BCUT2D eigenvalue weighted by Crippen LogP contribution is -2.31. The second-order valence-electron chi connectivity index (χ2n) is 7.48. The van der Waals surface area contributed by atoms with Crippen molar-refractivity contribution in [1.82, 2.24) is 9.97 Å². The van der Waals surface area contributed by atoms with Gasteiger partial charge in [0.05, 0.1) is 12.2 Å². The Balaban J connectivity index is 1.56. The van der Waals surface area contributed by atoms with E-state index in [-0.39, 0.29) is 23.8 Å². The molecule has 1 unspecified atom stereocenters. The number of carbonyl (C=O) groups is 1. The Hall–Kier alpha value is -3.06. The van der Waals surface area contributed by atoms with Gasteiger partial charge in [-0.05, 0) is 29.7 Å². The molecule has 1 amide bonds. The molecule has 0 aliphatic carbocycles. The molecule has 0 saturated heterocycles. The average Bonchev–Trinajstić information content (AvgIpc) is 2.78. The molecule has 160 valence electrons. The molecule has 2 heterocycles. The Morgan fingerprint density at radius 3 is 2.61 bits per heavy atom. The second kappa shape index (κ2) is 9.83. The standard InChI is InChI=1S/C24H25N3O3S/c1-2-3-13-30-18-11-9-17(10-12-18)19-14-20(28)25-22-21(19)23(29)27-24(26-22)31-15-16-7-5-4-6-8-16/h4-12,19H,2-3,13-15H2,1H3,(H2,25,26,27,28,29). The number of nitrogens with one attached hydrogen (secondary N) is 2. The van der Waals surface area contributed by atoms with Crippen LogP contribution < -0.4 is 15.6 Å². The number of hydrogen-bond donors (Lipinski definition) is 2. The number of amides is 1. The molecule has 2 aromatic carbocycles. The molecule has 4 rings (SSSR count). The van der Waals surface area contributed by atoms with Crippen molar-refractivity contribution in [2.75, 3.05) is 11.9 Å². The minimum atomic E-state index is -0.335. The van der Waals surface area contributed by atoms with Crippen molar-refractivity contribution in [2.45, 2.75) is 43.0 Å². The molecule has 2 N–H and O–H groups in total. The Morgan fingerprint density at radius 1 is 1.10 bits per heavy atom. The summed E-state index contributed by atoms with van der Waals surface area (Å²) in [4.78, 5) is 32.7. The van der Waals surface area contributed by atoms with E-state index in [9.17, 15) is 9.59 Å². The minimum absolute atomic E-state index is 0.141. The number of rotatable bonds is 8. The van der Waals surface area contributed by atoms with Crippen LogP contribution in [0.2, 0.25) is 0 Å². The summed E-state index contributed by atoms with van der Waals surface area (Å²) in [5.41, 5.74) is 2.32. The van der Waals surface area contributed by atoms with Crippen LogP contribution in [0.25, 0.3) is 0 Å². The van der Waals surface area contributed by atoms with Gasteiger partial charge in [0, 0.05) is 18.1 Å². The predicted molar refractivity (Wildman–Crippen MR) is 123 cm³/mol. The van der Waals surface area contributed by atoms with Gasteiger partial charge in [-0.25, -0.2) is 4.98 Å². The lowest BCUT2D eigenvalue weighted by atomic mass is 9.87. The summed E-state index contributed by atoms with van der Waals surface area (Å²) in [6, 6.07) is 17.6. The number of thioether (sulfide) groups is 1. The van der Waals surface area contributed by atoms with Crippen LogP contribution in [0.5, 0.6) is 5.75 Å². The zero-order valence-corrected chi connectivity index (χ0v) is 18.2. The maximum Gasteiger partial charge on any atom is 0.257 e. The fourth-order valence-corrected chi connectivity index (χ4v) is 4.38. The van der Waals surface area contributed by atoms with Gasteiger partial charge in [-0.3, -0.25) is 9.59 Å². The molecule has 6 nitrogen and oxygen atoms in total. The molecule has 1 aromatic heterocycles. The summed E-state index contributed by atoms with van der Waals surface area (Å²) in [5, 5.41) is 3.27. The fraction of sp³-hybridized carbons (Fsp3) is 0.292. The van der Waals surface area contributed by atoms with Gasteiger partial charge in [0.1, 0.15) is 11.6 Å². The monoisotopic (exact) mass is 435 g/mol. The van der Waals surface area contributed by atoms with Gasteiger partial charge >= 0.3 is 0 Å². The van der Waals surface area contributed by atoms with E-state index in [0.717, 1.165) is 29.7 Å². The molecular weight excluding hydrogens is 410 g/mol. The first-order valence-electron chi connectivity index (χ1n) is 10.5. The van der Waals surface area contributed by atoms with E-state index in [1.807, 2.05) is 54.6 Å². The summed E-state index contributed by atoms with van der Waals surface area (Å²) >= 11 is 1.44. The Bertz CT molecular complexity index is 1100. The highest BCUT2D eigenvalue weighted by Crippen LogP contribution is 2.35. The highest BCUT2D eigenvalue weighted by Gasteiger charge is 2.31. The van der Waals surface area contributed by atoms with Crippen LogP contribution in [0.15, 0.2) is 64.5 Å². The molecule has 0 spiro atoms.